The van der Waals surface area contributed by atoms with Gasteiger partial charge in [-0.25, -0.2) is 0 Å². The van der Waals surface area contributed by atoms with E-state index in [0.717, 1.165) is 0 Å². The van der Waals surface area contributed by atoms with Gasteiger partial charge in [0.05, 0.1) is 12.1 Å². The lowest BCUT2D eigenvalue weighted by Crippen LogP contribution is -2.40. The predicted molar refractivity (Wildman–Crippen MR) is 40.0 cm³/mol. The summed E-state index contributed by atoms with van der Waals surface area (Å²) in [5, 5.41) is 2.27. The van der Waals surface area contributed by atoms with Gasteiger partial charge in [-0.2, -0.15) is 13.2 Å². The second kappa shape index (κ2) is 4.09. The van der Waals surface area contributed by atoms with Crippen LogP contribution in [0.5, 0.6) is 0 Å². The lowest BCUT2D eigenvalue weighted by Gasteiger charge is -2.23. The molecule has 0 bridgehead atoms. The third kappa shape index (κ3) is 6.42. The number of rotatable bonds is 4. The number of hydrogen-bond acceptors (Lipinski definition) is 2. The highest BCUT2D eigenvalue weighted by atomic mass is 19.4. The van der Waals surface area contributed by atoms with Crippen molar-refractivity contribution in [2.24, 2.45) is 0 Å². The maximum Gasteiger partial charge on any atom is 0.401 e. The van der Waals surface area contributed by atoms with Gasteiger partial charge in [0.15, 0.2) is 0 Å². The third-order valence-corrected chi connectivity index (χ3v) is 1.43. The molecule has 0 atom stereocenters. The molecule has 2 nitrogen and oxygen atoms in total. The summed E-state index contributed by atoms with van der Waals surface area (Å²) < 4.78 is 39.8. The molecule has 0 heterocycles. The molecule has 0 fully saturated rings. The van der Waals surface area contributed by atoms with E-state index in [1.54, 1.807) is 13.8 Å². The molecule has 0 aromatic heterocycles. The second-order valence-corrected chi connectivity index (χ2v) is 3.18. The Morgan fingerprint density at radius 1 is 1.17 bits per heavy atom. The molecule has 1 N–H and O–H groups in total. The van der Waals surface area contributed by atoms with Gasteiger partial charge in [0.1, 0.15) is 0 Å². The zero-order valence-corrected chi connectivity index (χ0v) is 7.46. The summed E-state index contributed by atoms with van der Waals surface area (Å²) in [6.45, 7) is 2.65. The van der Waals surface area contributed by atoms with E-state index in [-0.39, 0.29) is 6.54 Å². The largest absolute Gasteiger partial charge is 0.401 e. The van der Waals surface area contributed by atoms with Gasteiger partial charge >= 0.3 is 6.18 Å². The van der Waals surface area contributed by atoms with Crippen LogP contribution in [0, 0.1) is 0 Å². The van der Waals surface area contributed by atoms with E-state index in [2.05, 4.69) is 5.32 Å². The smallest absolute Gasteiger partial charge is 0.377 e. The van der Waals surface area contributed by atoms with Crippen molar-refractivity contribution in [3.05, 3.63) is 0 Å². The fourth-order valence-electron chi connectivity index (χ4n) is 0.577. The van der Waals surface area contributed by atoms with E-state index in [4.69, 9.17) is 4.74 Å². The average Bonchev–Trinajstić information content (AvgIpc) is 1.84. The van der Waals surface area contributed by atoms with Gasteiger partial charge in [-0.1, -0.05) is 0 Å². The van der Waals surface area contributed by atoms with Crippen molar-refractivity contribution >= 4 is 0 Å². The van der Waals surface area contributed by atoms with Crippen molar-refractivity contribution < 1.29 is 17.9 Å². The molecule has 0 saturated heterocycles. The molecule has 0 spiro atoms. The van der Waals surface area contributed by atoms with Crippen LogP contribution in [0.3, 0.4) is 0 Å². The molecular weight excluding hydrogens is 171 g/mol. The lowest BCUT2D eigenvalue weighted by atomic mass is 10.1. The Hall–Kier alpha value is -0.290. The molecule has 0 saturated carbocycles. The van der Waals surface area contributed by atoms with Gasteiger partial charge in [-0.15, -0.1) is 0 Å². The molecule has 0 aliphatic rings. The van der Waals surface area contributed by atoms with E-state index in [0.29, 0.717) is 0 Å². The van der Waals surface area contributed by atoms with Crippen molar-refractivity contribution in [3.63, 3.8) is 0 Å². The minimum absolute atomic E-state index is 0.184. The van der Waals surface area contributed by atoms with Gasteiger partial charge in [-0.05, 0) is 13.8 Å². The summed E-state index contributed by atoms with van der Waals surface area (Å²) in [7, 11) is 1.47. The Balaban J connectivity index is 3.57. The first kappa shape index (κ1) is 11.7. The van der Waals surface area contributed by atoms with Gasteiger partial charge in [-0.3, -0.25) is 0 Å². The average molecular weight is 185 g/mol. The summed E-state index contributed by atoms with van der Waals surface area (Å²) in [4.78, 5) is 0. The maximum absolute atomic E-state index is 11.6. The highest BCUT2D eigenvalue weighted by Crippen LogP contribution is 2.13. The summed E-state index contributed by atoms with van der Waals surface area (Å²) in [5.41, 5.74) is -0.550. The fraction of sp³-hybridized carbons (Fsp3) is 1.00. The normalized spacial score (nSPS) is 13.5. The minimum Gasteiger partial charge on any atom is -0.377 e. The molecule has 5 heteroatoms. The minimum atomic E-state index is -4.15. The molecule has 0 radical (unpaired) electrons. The van der Waals surface area contributed by atoms with Crippen molar-refractivity contribution in [3.8, 4) is 0 Å². The summed E-state index contributed by atoms with van der Waals surface area (Å²) in [6.07, 6.45) is -4.15. The van der Waals surface area contributed by atoms with Crippen LogP contribution in [-0.2, 0) is 4.74 Å². The highest BCUT2D eigenvalue weighted by Gasteiger charge is 2.27. The molecule has 0 amide bonds. The van der Waals surface area contributed by atoms with Crippen LogP contribution in [0.2, 0.25) is 0 Å². The number of alkyl halides is 3. The molecule has 0 aromatic carbocycles. The second-order valence-electron chi connectivity index (χ2n) is 3.18. The predicted octanol–water partition coefficient (Wildman–Crippen LogP) is 1.56. The van der Waals surface area contributed by atoms with Crippen LogP contribution in [0.15, 0.2) is 0 Å². The first-order valence-corrected chi connectivity index (χ1v) is 3.59. The Bertz CT molecular complexity index is 133. The van der Waals surface area contributed by atoms with E-state index in [1.165, 1.54) is 7.11 Å². The molecule has 0 unspecified atom stereocenters. The van der Waals surface area contributed by atoms with Crippen LogP contribution >= 0.6 is 0 Å². The number of halogens is 3. The Kier molecular flexibility index (Phi) is 3.99. The van der Waals surface area contributed by atoms with Crippen molar-refractivity contribution in [2.45, 2.75) is 25.6 Å². The summed E-state index contributed by atoms with van der Waals surface area (Å²) in [5.74, 6) is 0. The number of hydrogen-bond donors (Lipinski definition) is 1. The van der Waals surface area contributed by atoms with Crippen LogP contribution < -0.4 is 5.32 Å². The first-order valence-electron chi connectivity index (χ1n) is 3.59. The van der Waals surface area contributed by atoms with Gasteiger partial charge in [0.25, 0.3) is 0 Å². The van der Waals surface area contributed by atoms with Crippen molar-refractivity contribution in [1.82, 2.24) is 5.32 Å². The fourth-order valence-corrected chi connectivity index (χ4v) is 0.577. The topological polar surface area (TPSA) is 21.3 Å². The molecule has 0 aliphatic heterocycles. The standard InChI is InChI=1S/C7H14F3NO/c1-6(2,12-3)4-11-5-7(8,9)10/h11H,4-5H2,1-3H3. The highest BCUT2D eigenvalue weighted by molar-refractivity contribution is 4.71. The Labute approximate surface area is 70.1 Å². The van der Waals surface area contributed by atoms with E-state index in [1.807, 2.05) is 0 Å². The summed E-state index contributed by atoms with van der Waals surface area (Å²) in [6, 6.07) is 0. The van der Waals surface area contributed by atoms with Crippen LogP contribution in [-0.4, -0.2) is 32.0 Å². The SMILES string of the molecule is COC(C)(C)CNCC(F)(F)F. The molecule has 74 valence electrons. The van der Waals surface area contributed by atoms with Crippen LogP contribution in [0.1, 0.15) is 13.8 Å². The van der Waals surface area contributed by atoms with Gasteiger partial charge < -0.3 is 10.1 Å². The van der Waals surface area contributed by atoms with E-state index in [9.17, 15) is 13.2 Å². The molecule has 0 rings (SSSR count). The zero-order chi connectivity index (χ0) is 9.83. The lowest BCUT2D eigenvalue weighted by molar-refractivity contribution is -0.126. The Morgan fingerprint density at radius 2 is 1.67 bits per heavy atom. The van der Waals surface area contributed by atoms with Crippen LogP contribution in [0.4, 0.5) is 13.2 Å². The van der Waals surface area contributed by atoms with E-state index < -0.39 is 18.3 Å². The number of ether oxygens (including phenoxy) is 1. The van der Waals surface area contributed by atoms with Gasteiger partial charge in [0.2, 0.25) is 0 Å². The van der Waals surface area contributed by atoms with Crippen molar-refractivity contribution in [2.75, 3.05) is 20.2 Å². The van der Waals surface area contributed by atoms with Crippen LogP contribution in [0.25, 0.3) is 0 Å². The van der Waals surface area contributed by atoms with Crippen molar-refractivity contribution in [1.29, 1.82) is 0 Å². The van der Waals surface area contributed by atoms with Gasteiger partial charge in [0, 0.05) is 13.7 Å². The number of methoxy groups -OCH3 is 1. The molecule has 0 aromatic rings. The van der Waals surface area contributed by atoms with E-state index >= 15 is 0 Å². The maximum atomic E-state index is 11.6. The number of nitrogens with one attached hydrogen (secondary N) is 1. The molecule has 0 aliphatic carbocycles. The quantitative estimate of drug-likeness (QED) is 0.717. The molecular formula is C7H14F3NO. The first-order chi connectivity index (χ1) is 5.27. The molecule has 12 heavy (non-hydrogen) atoms. The third-order valence-electron chi connectivity index (χ3n) is 1.43. The summed E-state index contributed by atoms with van der Waals surface area (Å²) >= 11 is 0. The monoisotopic (exact) mass is 185 g/mol. The zero-order valence-electron chi connectivity index (χ0n) is 7.46. The Morgan fingerprint density at radius 3 is 2.00 bits per heavy atom.